The van der Waals surface area contributed by atoms with Gasteiger partial charge in [0.25, 0.3) is 0 Å². The van der Waals surface area contributed by atoms with Gasteiger partial charge in [-0.05, 0) is 43.7 Å². The molecule has 1 aromatic heterocycles. The molecule has 0 spiro atoms. The van der Waals surface area contributed by atoms with Crippen LogP contribution in [0.4, 0.5) is 0 Å². The van der Waals surface area contributed by atoms with Crippen LogP contribution in [0.15, 0.2) is 53.9 Å². The highest BCUT2D eigenvalue weighted by molar-refractivity contribution is 7.09. The highest BCUT2D eigenvalue weighted by Gasteiger charge is 2.19. The summed E-state index contributed by atoms with van der Waals surface area (Å²) in [6.07, 6.45) is 0.273. The Morgan fingerprint density at radius 2 is 1.86 bits per heavy atom. The largest absolute Gasteiger partial charge is 0.486 e. The van der Waals surface area contributed by atoms with Crippen LogP contribution in [0.1, 0.15) is 34.8 Å². The summed E-state index contributed by atoms with van der Waals surface area (Å²) < 4.78 is 5.76. The van der Waals surface area contributed by atoms with Gasteiger partial charge in [0, 0.05) is 17.5 Å². The van der Waals surface area contributed by atoms with Gasteiger partial charge in [0.15, 0.2) is 0 Å². The third-order valence-corrected chi connectivity index (χ3v) is 5.76. The Morgan fingerprint density at radius 1 is 1.18 bits per heavy atom. The minimum atomic E-state index is -0.0345. The van der Waals surface area contributed by atoms with E-state index in [4.69, 9.17) is 16.3 Å². The Labute approximate surface area is 174 Å². The van der Waals surface area contributed by atoms with E-state index in [1.54, 1.807) is 4.90 Å². The first kappa shape index (κ1) is 20.4. The lowest BCUT2D eigenvalue weighted by Crippen LogP contribution is -2.31. The van der Waals surface area contributed by atoms with Crippen molar-refractivity contribution >= 4 is 28.8 Å². The van der Waals surface area contributed by atoms with Gasteiger partial charge >= 0.3 is 0 Å². The fourth-order valence-corrected chi connectivity index (χ4v) is 3.57. The summed E-state index contributed by atoms with van der Waals surface area (Å²) >= 11 is 7.45. The highest BCUT2D eigenvalue weighted by Crippen LogP contribution is 2.22. The van der Waals surface area contributed by atoms with Crippen molar-refractivity contribution < 1.29 is 9.53 Å². The van der Waals surface area contributed by atoms with E-state index in [-0.39, 0.29) is 18.4 Å². The van der Waals surface area contributed by atoms with Crippen molar-refractivity contribution in [2.24, 2.45) is 0 Å². The summed E-state index contributed by atoms with van der Waals surface area (Å²) in [5.41, 5.74) is 3.01. The minimum absolute atomic E-state index is 0.0266. The molecule has 3 aromatic rings. The average molecular weight is 415 g/mol. The maximum atomic E-state index is 12.6. The topological polar surface area (TPSA) is 42.4 Å². The molecule has 0 unspecified atom stereocenters. The number of rotatable bonds is 7. The Bertz CT molecular complexity index is 922. The lowest BCUT2D eigenvalue weighted by molar-refractivity contribution is -0.131. The number of halogens is 1. The summed E-state index contributed by atoms with van der Waals surface area (Å²) in [6, 6.07) is 15.4. The third kappa shape index (κ3) is 5.33. The zero-order valence-electron chi connectivity index (χ0n) is 16.2. The maximum Gasteiger partial charge on any atom is 0.228 e. The lowest BCUT2D eigenvalue weighted by Gasteiger charge is -2.25. The van der Waals surface area contributed by atoms with Crippen molar-refractivity contribution in [3.63, 3.8) is 0 Å². The number of carbonyl (C=O) groups is 1. The van der Waals surface area contributed by atoms with E-state index in [1.165, 1.54) is 16.9 Å². The van der Waals surface area contributed by atoms with Gasteiger partial charge in [-0.1, -0.05) is 41.4 Å². The number of aromatic nitrogens is 1. The summed E-state index contributed by atoms with van der Waals surface area (Å²) in [7, 11) is 1.81. The van der Waals surface area contributed by atoms with Gasteiger partial charge in [0.2, 0.25) is 5.91 Å². The van der Waals surface area contributed by atoms with Gasteiger partial charge in [-0.2, -0.15) is 0 Å². The van der Waals surface area contributed by atoms with E-state index in [9.17, 15) is 4.79 Å². The van der Waals surface area contributed by atoms with Crippen molar-refractivity contribution in [3.05, 3.63) is 80.8 Å². The molecule has 1 amide bonds. The predicted molar refractivity (Wildman–Crippen MR) is 114 cm³/mol. The van der Waals surface area contributed by atoms with Crippen LogP contribution in [-0.2, 0) is 17.8 Å². The van der Waals surface area contributed by atoms with Gasteiger partial charge in [0.1, 0.15) is 17.4 Å². The van der Waals surface area contributed by atoms with E-state index < -0.39 is 0 Å². The van der Waals surface area contributed by atoms with Gasteiger partial charge < -0.3 is 9.64 Å². The molecule has 4 nitrogen and oxygen atoms in total. The quantitative estimate of drug-likeness (QED) is 0.516. The van der Waals surface area contributed by atoms with Crippen LogP contribution in [0, 0.1) is 6.92 Å². The number of thiazole rings is 1. The fourth-order valence-electron chi connectivity index (χ4n) is 2.74. The molecule has 0 saturated carbocycles. The minimum Gasteiger partial charge on any atom is -0.486 e. The first-order valence-electron chi connectivity index (χ1n) is 9.06. The zero-order valence-corrected chi connectivity index (χ0v) is 17.8. The zero-order chi connectivity index (χ0) is 20.1. The summed E-state index contributed by atoms with van der Waals surface area (Å²) in [4.78, 5) is 18.9. The molecule has 6 heteroatoms. The van der Waals surface area contributed by atoms with Crippen LogP contribution in [0.2, 0.25) is 5.02 Å². The maximum absolute atomic E-state index is 12.6. The van der Waals surface area contributed by atoms with Crippen molar-refractivity contribution in [2.75, 3.05) is 7.05 Å². The van der Waals surface area contributed by atoms with Crippen LogP contribution >= 0.6 is 22.9 Å². The summed E-state index contributed by atoms with van der Waals surface area (Å²) in [6.45, 7) is 4.45. The van der Waals surface area contributed by atoms with Crippen LogP contribution in [0.25, 0.3) is 0 Å². The first-order valence-corrected chi connectivity index (χ1v) is 10.3. The van der Waals surface area contributed by atoms with Gasteiger partial charge in [-0.25, -0.2) is 4.98 Å². The van der Waals surface area contributed by atoms with E-state index in [1.807, 2.05) is 74.8 Å². The fraction of sp³-hybridized carbons (Fsp3) is 0.273. The number of carbonyl (C=O) groups excluding carboxylic acids is 1. The SMILES string of the molecule is Cc1ccc(OCc2nc(CC(=O)N(C)[C@H](C)c3ccc(Cl)cc3)cs2)cc1. The molecule has 3 rings (SSSR count). The molecule has 0 N–H and O–H groups in total. The molecule has 0 bridgehead atoms. The molecule has 0 fully saturated rings. The van der Waals surface area contributed by atoms with Gasteiger partial charge in [-0.15, -0.1) is 11.3 Å². The second-order valence-electron chi connectivity index (χ2n) is 6.74. The van der Waals surface area contributed by atoms with E-state index >= 15 is 0 Å². The van der Waals surface area contributed by atoms with E-state index in [2.05, 4.69) is 4.98 Å². The number of nitrogens with zero attached hydrogens (tertiary/aromatic N) is 2. The second kappa shape index (κ2) is 9.22. The standard InChI is InChI=1S/C22H23ClN2O2S/c1-15-4-10-20(11-5-15)27-13-21-24-19(14-28-21)12-22(26)25(3)16(2)17-6-8-18(23)9-7-17/h4-11,14,16H,12-13H2,1-3H3/t16-/m1/s1. The van der Waals surface area contributed by atoms with Crippen molar-refractivity contribution in [3.8, 4) is 5.75 Å². The van der Waals surface area contributed by atoms with Gasteiger partial charge in [-0.3, -0.25) is 4.79 Å². The van der Waals surface area contributed by atoms with Crippen molar-refractivity contribution in [1.82, 2.24) is 9.88 Å². The van der Waals surface area contributed by atoms with Crippen molar-refractivity contribution in [2.45, 2.75) is 32.9 Å². The Kier molecular flexibility index (Phi) is 6.70. The smallest absolute Gasteiger partial charge is 0.228 e. The van der Waals surface area contributed by atoms with Crippen molar-refractivity contribution in [1.29, 1.82) is 0 Å². The second-order valence-corrected chi connectivity index (χ2v) is 8.12. The Hall–Kier alpha value is -2.37. The first-order chi connectivity index (χ1) is 13.4. The molecular formula is C22H23ClN2O2S. The molecular weight excluding hydrogens is 392 g/mol. The number of hydrogen-bond acceptors (Lipinski definition) is 4. The summed E-state index contributed by atoms with van der Waals surface area (Å²) in [5.74, 6) is 0.841. The lowest BCUT2D eigenvalue weighted by atomic mass is 10.1. The molecule has 0 aliphatic heterocycles. The number of hydrogen-bond donors (Lipinski definition) is 0. The van der Waals surface area contributed by atoms with Crippen LogP contribution in [0.3, 0.4) is 0 Å². The molecule has 28 heavy (non-hydrogen) atoms. The number of amides is 1. The third-order valence-electron chi connectivity index (χ3n) is 4.64. The molecule has 0 radical (unpaired) electrons. The molecule has 146 valence electrons. The number of benzene rings is 2. The van der Waals surface area contributed by atoms with Crippen LogP contribution < -0.4 is 4.74 Å². The molecule has 0 aliphatic rings. The Balaban J connectivity index is 1.55. The number of aryl methyl sites for hydroxylation is 1. The number of likely N-dealkylation sites (N-methyl/N-ethyl adjacent to an activating group) is 1. The normalized spacial score (nSPS) is 11.9. The monoisotopic (exact) mass is 414 g/mol. The highest BCUT2D eigenvalue weighted by atomic mass is 35.5. The van der Waals surface area contributed by atoms with Crippen LogP contribution in [0.5, 0.6) is 5.75 Å². The predicted octanol–water partition coefficient (Wildman–Crippen LogP) is 5.45. The average Bonchev–Trinajstić information content (AvgIpc) is 3.14. The summed E-state index contributed by atoms with van der Waals surface area (Å²) in [5, 5.41) is 3.47. The van der Waals surface area contributed by atoms with E-state index in [0.29, 0.717) is 11.6 Å². The van der Waals surface area contributed by atoms with E-state index in [0.717, 1.165) is 22.0 Å². The van der Waals surface area contributed by atoms with Crippen LogP contribution in [-0.4, -0.2) is 22.8 Å². The molecule has 0 saturated heterocycles. The molecule has 2 aromatic carbocycles. The Morgan fingerprint density at radius 3 is 2.54 bits per heavy atom. The molecule has 0 aliphatic carbocycles. The molecule has 1 atom stereocenters. The molecule has 1 heterocycles. The van der Waals surface area contributed by atoms with Gasteiger partial charge in [0.05, 0.1) is 18.2 Å². The number of ether oxygens (including phenoxy) is 1.